The molecule has 1 N–H and O–H groups in total. The normalized spacial score (nSPS) is 12.1. The highest BCUT2D eigenvalue weighted by atomic mass is 16.4. The van der Waals surface area contributed by atoms with E-state index in [2.05, 4.69) is 12.1 Å². The molecule has 0 aromatic heterocycles. The van der Waals surface area contributed by atoms with E-state index in [1.165, 1.54) is 5.56 Å². The molecule has 0 bridgehead atoms. The second-order valence-electron chi connectivity index (χ2n) is 4.47. The van der Waals surface area contributed by atoms with Gasteiger partial charge in [-0.3, -0.25) is 4.79 Å². The van der Waals surface area contributed by atoms with E-state index in [4.69, 9.17) is 5.11 Å². The maximum atomic E-state index is 11.0. The Kier molecular flexibility index (Phi) is 3.78. The van der Waals surface area contributed by atoms with Gasteiger partial charge in [-0.25, -0.2) is 0 Å². The Bertz CT molecular complexity index is 532. The molecule has 2 heteroatoms. The quantitative estimate of drug-likeness (QED) is 0.888. The van der Waals surface area contributed by atoms with E-state index in [0.29, 0.717) is 0 Å². The van der Waals surface area contributed by atoms with Gasteiger partial charge in [0.25, 0.3) is 0 Å². The highest BCUT2D eigenvalue weighted by Gasteiger charge is 2.13. The van der Waals surface area contributed by atoms with Gasteiger partial charge in [-0.15, -0.1) is 0 Å². The van der Waals surface area contributed by atoms with E-state index in [1.54, 1.807) is 6.92 Å². The molecule has 0 unspecified atom stereocenters. The van der Waals surface area contributed by atoms with E-state index in [1.807, 2.05) is 42.5 Å². The maximum absolute atomic E-state index is 11.0. The fraction of sp³-hybridized carbons (Fsp3) is 0.188. The van der Waals surface area contributed by atoms with E-state index in [0.717, 1.165) is 17.5 Å². The fourth-order valence-electron chi connectivity index (χ4n) is 1.95. The largest absolute Gasteiger partial charge is 0.481 e. The third-order valence-electron chi connectivity index (χ3n) is 3.07. The first kappa shape index (κ1) is 12.4. The van der Waals surface area contributed by atoms with Gasteiger partial charge in [0.15, 0.2) is 0 Å². The summed E-state index contributed by atoms with van der Waals surface area (Å²) in [6, 6.07) is 18.0. The summed E-state index contributed by atoms with van der Waals surface area (Å²) < 4.78 is 0. The lowest BCUT2D eigenvalue weighted by atomic mass is 9.96. The predicted molar refractivity (Wildman–Crippen MR) is 71.7 cm³/mol. The van der Waals surface area contributed by atoms with Crippen molar-refractivity contribution in [3.63, 3.8) is 0 Å². The topological polar surface area (TPSA) is 37.3 Å². The van der Waals surface area contributed by atoms with Crippen LogP contribution in [0.4, 0.5) is 0 Å². The van der Waals surface area contributed by atoms with Crippen molar-refractivity contribution < 1.29 is 9.90 Å². The molecule has 0 aliphatic carbocycles. The van der Waals surface area contributed by atoms with E-state index >= 15 is 0 Å². The molecule has 2 aromatic rings. The van der Waals surface area contributed by atoms with Gasteiger partial charge in [0.2, 0.25) is 0 Å². The van der Waals surface area contributed by atoms with Crippen LogP contribution < -0.4 is 0 Å². The summed E-state index contributed by atoms with van der Waals surface area (Å²) in [5.41, 5.74) is 3.24. The molecule has 0 amide bonds. The van der Waals surface area contributed by atoms with Crippen molar-refractivity contribution >= 4 is 5.97 Å². The molecular formula is C16H16O2. The molecule has 0 saturated heterocycles. The Labute approximate surface area is 107 Å². The number of carbonyl (C=O) groups is 1. The van der Waals surface area contributed by atoms with E-state index < -0.39 is 11.9 Å². The Morgan fingerprint density at radius 2 is 1.72 bits per heavy atom. The smallest absolute Gasteiger partial charge is 0.310 e. The maximum Gasteiger partial charge on any atom is 0.310 e. The Morgan fingerprint density at radius 3 is 2.39 bits per heavy atom. The molecule has 2 aromatic carbocycles. The molecule has 0 radical (unpaired) electrons. The van der Waals surface area contributed by atoms with Gasteiger partial charge in [0.05, 0.1) is 5.92 Å². The molecular weight excluding hydrogens is 224 g/mol. The Hall–Kier alpha value is -2.09. The second kappa shape index (κ2) is 5.50. The minimum Gasteiger partial charge on any atom is -0.481 e. The zero-order valence-electron chi connectivity index (χ0n) is 10.3. The van der Waals surface area contributed by atoms with Crippen LogP contribution in [-0.2, 0) is 11.2 Å². The second-order valence-corrected chi connectivity index (χ2v) is 4.47. The van der Waals surface area contributed by atoms with Crippen LogP contribution in [-0.4, -0.2) is 11.1 Å². The Morgan fingerprint density at radius 1 is 1.06 bits per heavy atom. The van der Waals surface area contributed by atoms with Gasteiger partial charge in [0.1, 0.15) is 0 Å². The van der Waals surface area contributed by atoms with Crippen molar-refractivity contribution in [1.29, 1.82) is 0 Å². The highest BCUT2D eigenvalue weighted by Crippen LogP contribution is 2.18. The minimum atomic E-state index is -0.785. The van der Waals surface area contributed by atoms with Gasteiger partial charge in [-0.2, -0.15) is 0 Å². The first-order valence-corrected chi connectivity index (χ1v) is 6.02. The van der Waals surface area contributed by atoms with Crippen molar-refractivity contribution in [2.24, 2.45) is 0 Å². The van der Waals surface area contributed by atoms with Crippen LogP contribution in [0.1, 0.15) is 29.5 Å². The van der Waals surface area contributed by atoms with Gasteiger partial charge < -0.3 is 5.11 Å². The van der Waals surface area contributed by atoms with Gasteiger partial charge >= 0.3 is 5.97 Å². The molecule has 0 saturated carbocycles. The molecule has 2 nitrogen and oxygen atoms in total. The minimum absolute atomic E-state index is 0.458. The summed E-state index contributed by atoms with van der Waals surface area (Å²) in [6.45, 7) is 1.71. The van der Waals surface area contributed by atoms with Crippen LogP contribution in [0.15, 0.2) is 54.6 Å². The monoisotopic (exact) mass is 240 g/mol. The zero-order valence-corrected chi connectivity index (χ0v) is 10.3. The molecule has 18 heavy (non-hydrogen) atoms. The van der Waals surface area contributed by atoms with Crippen LogP contribution in [0.3, 0.4) is 0 Å². The molecule has 2 rings (SSSR count). The molecule has 0 aliphatic heterocycles. The predicted octanol–water partition coefficient (Wildman–Crippen LogP) is 3.47. The number of hydrogen-bond acceptors (Lipinski definition) is 1. The summed E-state index contributed by atoms with van der Waals surface area (Å²) in [5.74, 6) is -1.24. The summed E-state index contributed by atoms with van der Waals surface area (Å²) in [4.78, 5) is 11.0. The van der Waals surface area contributed by atoms with Gasteiger partial charge in [-0.05, 0) is 30.0 Å². The number of hydrogen-bond donors (Lipinski definition) is 1. The van der Waals surface area contributed by atoms with Crippen LogP contribution in [0.25, 0.3) is 0 Å². The van der Waals surface area contributed by atoms with Gasteiger partial charge in [0, 0.05) is 0 Å². The van der Waals surface area contributed by atoms with Crippen LogP contribution in [0.5, 0.6) is 0 Å². The lowest BCUT2D eigenvalue weighted by Gasteiger charge is -2.09. The van der Waals surface area contributed by atoms with Crippen LogP contribution in [0, 0.1) is 0 Å². The fourth-order valence-corrected chi connectivity index (χ4v) is 1.95. The molecule has 1 atom stereocenters. The summed E-state index contributed by atoms with van der Waals surface area (Å²) in [6.07, 6.45) is 0.834. The molecule has 0 fully saturated rings. The third-order valence-corrected chi connectivity index (χ3v) is 3.07. The van der Waals surface area contributed by atoms with Crippen molar-refractivity contribution in [2.75, 3.05) is 0 Å². The van der Waals surface area contributed by atoms with Crippen molar-refractivity contribution in [3.8, 4) is 0 Å². The standard InChI is InChI=1S/C16H16O2/c1-12(16(17)18)15-9-5-8-14(11-15)10-13-6-3-2-4-7-13/h2-9,11-12H,10H2,1H3,(H,17,18)/t12-/m1/s1. The molecule has 0 aliphatic rings. The molecule has 0 spiro atoms. The average molecular weight is 240 g/mol. The Balaban J connectivity index is 2.20. The number of aliphatic carboxylic acids is 1. The van der Waals surface area contributed by atoms with Crippen molar-refractivity contribution in [1.82, 2.24) is 0 Å². The molecule has 92 valence electrons. The number of rotatable bonds is 4. The van der Waals surface area contributed by atoms with Crippen molar-refractivity contribution in [3.05, 3.63) is 71.3 Å². The zero-order chi connectivity index (χ0) is 13.0. The van der Waals surface area contributed by atoms with E-state index in [-0.39, 0.29) is 0 Å². The third kappa shape index (κ3) is 2.98. The van der Waals surface area contributed by atoms with Gasteiger partial charge in [-0.1, -0.05) is 54.6 Å². The number of benzene rings is 2. The first-order chi connectivity index (χ1) is 8.66. The van der Waals surface area contributed by atoms with Crippen molar-refractivity contribution in [2.45, 2.75) is 19.3 Å². The lowest BCUT2D eigenvalue weighted by molar-refractivity contribution is -0.138. The van der Waals surface area contributed by atoms with Crippen LogP contribution in [0.2, 0.25) is 0 Å². The van der Waals surface area contributed by atoms with E-state index in [9.17, 15) is 4.79 Å². The SMILES string of the molecule is C[C@@H](C(=O)O)c1cccc(Cc2ccccc2)c1. The lowest BCUT2D eigenvalue weighted by Crippen LogP contribution is -2.07. The number of carboxylic acid groups (broad SMARTS) is 1. The first-order valence-electron chi connectivity index (χ1n) is 6.02. The average Bonchev–Trinajstić information content (AvgIpc) is 2.39. The number of carboxylic acids is 1. The molecule has 0 heterocycles. The summed E-state index contributed by atoms with van der Waals surface area (Å²) in [5, 5.41) is 9.02. The summed E-state index contributed by atoms with van der Waals surface area (Å²) >= 11 is 0. The van der Waals surface area contributed by atoms with Crippen LogP contribution >= 0.6 is 0 Å². The highest BCUT2D eigenvalue weighted by molar-refractivity contribution is 5.75. The summed E-state index contributed by atoms with van der Waals surface area (Å²) in [7, 11) is 0.